The van der Waals surface area contributed by atoms with Crippen molar-refractivity contribution in [1.29, 1.82) is 0 Å². The highest BCUT2D eigenvalue weighted by Gasteiger charge is 2.30. The molecule has 0 bridgehead atoms. The van der Waals surface area contributed by atoms with Gasteiger partial charge in [-0.1, -0.05) is 0 Å². The lowest BCUT2D eigenvalue weighted by molar-refractivity contribution is -0.117. The topological polar surface area (TPSA) is 91.0 Å². The normalized spacial score (nSPS) is 13.3. The second kappa shape index (κ2) is 7.92. The standard InChI is InChI=1S/C23H20FN5O3/c1-32-18-10-6-16(7-11-18)26-20(30)13-28-23(31)22-19(21(27-28)14-2-3-14)12-25-29(22)17-8-4-15(24)5-9-17/h4-12,14H,2-3,13H2,1H3,(H,26,30). The Hall–Kier alpha value is -4.01. The third kappa shape index (κ3) is 3.73. The molecule has 162 valence electrons. The molecule has 4 aromatic rings. The van der Waals surface area contributed by atoms with Crippen molar-refractivity contribution in [2.45, 2.75) is 25.3 Å². The van der Waals surface area contributed by atoms with E-state index in [2.05, 4.69) is 15.5 Å². The average Bonchev–Trinajstić information content (AvgIpc) is 3.54. The molecular weight excluding hydrogens is 413 g/mol. The molecule has 0 radical (unpaired) electrons. The summed E-state index contributed by atoms with van der Waals surface area (Å²) in [6, 6.07) is 12.6. The van der Waals surface area contributed by atoms with Gasteiger partial charge in [0.1, 0.15) is 23.6 Å². The number of halogens is 1. The van der Waals surface area contributed by atoms with Crippen molar-refractivity contribution in [3.63, 3.8) is 0 Å². The van der Waals surface area contributed by atoms with E-state index in [0.717, 1.165) is 18.5 Å². The lowest BCUT2D eigenvalue weighted by Crippen LogP contribution is -2.31. The number of amides is 1. The van der Waals surface area contributed by atoms with Crippen molar-refractivity contribution in [3.8, 4) is 11.4 Å². The molecule has 2 aromatic carbocycles. The van der Waals surface area contributed by atoms with Gasteiger partial charge in [0.25, 0.3) is 5.56 Å². The molecule has 1 aliphatic carbocycles. The van der Waals surface area contributed by atoms with Crippen molar-refractivity contribution in [2.24, 2.45) is 0 Å². The van der Waals surface area contributed by atoms with E-state index >= 15 is 0 Å². The van der Waals surface area contributed by atoms with Gasteiger partial charge in [-0.3, -0.25) is 9.59 Å². The Labute approximate surface area is 182 Å². The van der Waals surface area contributed by atoms with Crippen LogP contribution >= 0.6 is 0 Å². The molecule has 0 spiro atoms. The Morgan fingerprint density at radius 1 is 1.16 bits per heavy atom. The largest absolute Gasteiger partial charge is 0.497 e. The van der Waals surface area contributed by atoms with E-state index in [1.165, 1.54) is 21.5 Å². The van der Waals surface area contributed by atoms with Crippen molar-refractivity contribution in [3.05, 3.63) is 76.6 Å². The number of aromatic nitrogens is 4. The van der Waals surface area contributed by atoms with Crippen molar-refractivity contribution in [2.75, 3.05) is 12.4 Å². The van der Waals surface area contributed by atoms with E-state index in [1.54, 1.807) is 49.7 Å². The van der Waals surface area contributed by atoms with Gasteiger partial charge < -0.3 is 10.1 Å². The Morgan fingerprint density at radius 3 is 2.53 bits per heavy atom. The molecular formula is C23H20FN5O3. The van der Waals surface area contributed by atoms with Crippen LogP contribution in [0.5, 0.6) is 5.75 Å². The summed E-state index contributed by atoms with van der Waals surface area (Å²) >= 11 is 0. The van der Waals surface area contributed by atoms with Gasteiger partial charge in [0, 0.05) is 17.0 Å². The third-order valence-electron chi connectivity index (χ3n) is 5.41. The Kier molecular flexibility index (Phi) is 4.93. The highest BCUT2D eigenvalue weighted by molar-refractivity contribution is 5.91. The SMILES string of the molecule is COc1ccc(NC(=O)Cn2nc(C3CC3)c3cnn(-c4ccc(F)cc4)c3c2=O)cc1. The molecule has 2 aromatic heterocycles. The summed E-state index contributed by atoms with van der Waals surface area (Å²) in [5, 5.41) is 12.3. The number of hydrogen-bond acceptors (Lipinski definition) is 5. The number of hydrogen-bond donors (Lipinski definition) is 1. The second-order valence-electron chi connectivity index (χ2n) is 7.69. The minimum Gasteiger partial charge on any atom is -0.497 e. The quantitative estimate of drug-likeness (QED) is 0.504. The zero-order valence-corrected chi connectivity index (χ0v) is 17.3. The maximum atomic E-state index is 13.4. The molecule has 2 heterocycles. The van der Waals surface area contributed by atoms with Crippen LogP contribution in [0.25, 0.3) is 16.6 Å². The number of benzene rings is 2. The van der Waals surface area contributed by atoms with Crippen LogP contribution in [-0.2, 0) is 11.3 Å². The Bertz CT molecular complexity index is 1360. The maximum Gasteiger partial charge on any atom is 0.293 e. The molecule has 0 atom stereocenters. The molecule has 1 amide bonds. The Morgan fingerprint density at radius 2 is 1.88 bits per heavy atom. The molecule has 1 aliphatic rings. The van der Waals surface area contributed by atoms with Gasteiger partial charge in [-0.05, 0) is 61.4 Å². The fourth-order valence-electron chi connectivity index (χ4n) is 3.65. The minimum absolute atomic E-state index is 0.236. The maximum absolute atomic E-state index is 13.4. The van der Waals surface area contributed by atoms with Gasteiger partial charge in [0.15, 0.2) is 0 Å². The van der Waals surface area contributed by atoms with Crippen LogP contribution in [0, 0.1) is 5.82 Å². The van der Waals surface area contributed by atoms with E-state index in [1.807, 2.05) is 0 Å². The number of rotatable bonds is 6. The van der Waals surface area contributed by atoms with Crippen LogP contribution in [0.3, 0.4) is 0 Å². The smallest absolute Gasteiger partial charge is 0.293 e. The molecule has 1 N–H and O–H groups in total. The van der Waals surface area contributed by atoms with E-state index < -0.39 is 5.56 Å². The van der Waals surface area contributed by atoms with Crippen LogP contribution in [-0.4, -0.2) is 32.6 Å². The summed E-state index contributed by atoms with van der Waals surface area (Å²) in [4.78, 5) is 25.9. The number of carbonyl (C=O) groups excluding carboxylic acids is 1. The second-order valence-corrected chi connectivity index (χ2v) is 7.69. The van der Waals surface area contributed by atoms with Crippen molar-refractivity contribution < 1.29 is 13.9 Å². The van der Waals surface area contributed by atoms with Gasteiger partial charge in [-0.2, -0.15) is 10.2 Å². The van der Waals surface area contributed by atoms with Crippen LogP contribution in [0.1, 0.15) is 24.5 Å². The lowest BCUT2D eigenvalue weighted by Gasteiger charge is -2.11. The number of ether oxygens (including phenoxy) is 1. The van der Waals surface area contributed by atoms with Gasteiger partial charge >= 0.3 is 0 Å². The van der Waals surface area contributed by atoms with E-state index in [4.69, 9.17) is 4.74 Å². The number of methoxy groups -OCH3 is 1. The summed E-state index contributed by atoms with van der Waals surface area (Å²) < 4.78 is 21.1. The van der Waals surface area contributed by atoms with Gasteiger partial charge in [0.2, 0.25) is 5.91 Å². The van der Waals surface area contributed by atoms with E-state index in [9.17, 15) is 14.0 Å². The molecule has 32 heavy (non-hydrogen) atoms. The number of nitrogens with zero attached hydrogens (tertiary/aromatic N) is 4. The van der Waals surface area contributed by atoms with Crippen LogP contribution in [0.15, 0.2) is 59.5 Å². The average molecular weight is 433 g/mol. The predicted octanol–water partition coefficient (Wildman–Crippen LogP) is 3.25. The first kappa shape index (κ1) is 19.9. The van der Waals surface area contributed by atoms with Gasteiger partial charge in [-0.15, -0.1) is 0 Å². The molecule has 0 saturated heterocycles. The first-order valence-electron chi connectivity index (χ1n) is 10.2. The summed E-state index contributed by atoms with van der Waals surface area (Å²) in [7, 11) is 1.57. The predicted molar refractivity (Wildman–Crippen MR) is 117 cm³/mol. The van der Waals surface area contributed by atoms with Gasteiger partial charge in [0.05, 0.1) is 24.7 Å². The zero-order chi connectivity index (χ0) is 22.2. The third-order valence-corrected chi connectivity index (χ3v) is 5.41. The zero-order valence-electron chi connectivity index (χ0n) is 17.3. The fourth-order valence-corrected chi connectivity index (χ4v) is 3.65. The van der Waals surface area contributed by atoms with Crippen molar-refractivity contribution in [1.82, 2.24) is 19.6 Å². The highest BCUT2D eigenvalue weighted by Crippen LogP contribution is 2.41. The molecule has 0 unspecified atom stereocenters. The number of nitrogens with one attached hydrogen (secondary N) is 1. The lowest BCUT2D eigenvalue weighted by atomic mass is 10.2. The van der Waals surface area contributed by atoms with Crippen molar-refractivity contribution >= 4 is 22.5 Å². The molecule has 1 fully saturated rings. The Balaban J connectivity index is 1.51. The number of carbonyl (C=O) groups is 1. The fraction of sp³-hybridized carbons (Fsp3) is 0.217. The number of fused-ring (bicyclic) bond motifs is 1. The van der Waals surface area contributed by atoms with Crippen LogP contribution < -0.4 is 15.6 Å². The van der Waals surface area contributed by atoms with Crippen LogP contribution in [0.2, 0.25) is 0 Å². The summed E-state index contributed by atoms with van der Waals surface area (Å²) in [6.07, 6.45) is 3.56. The molecule has 5 rings (SSSR count). The number of anilines is 1. The summed E-state index contributed by atoms with van der Waals surface area (Å²) in [5.41, 5.74) is 1.79. The summed E-state index contributed by atoms with van der Waals surface area (Å²) in [5.74, 6) is 0.159. The molecule has 0 aliphatic heterocycles. The summed E-state index contributed by atoms with van der Waals surface area (Å²) in [6.45, 7) is -0.241. The minimum atomic E-state index is -0.434. The van der Waals surface area contributed by atoms with Gasteiger partial charge in [-0.25, -0.2) is 13.8 Å². The highest BCUT2D eigenvalue weighted by atomic mass is 19.1. The van der Waals surface area contributed by atoms with E-state index in [-0.39, 0.29) is 24.2 Å². The first-order chi connectivity index (χ1) is 15.5. The molecule has 8 nitrogen and oxygen atoms in total. The first-order valence-corrected chi connectivity index (χ1v) is 10.2. The van der Waals surface area contributed by atoms with Crippen LogP contribution in [0.4, 0.5) is 10.1 Å². The van der Waals surface area contributed by atoms with E-state index in [0.29, 0.717) is 28.0 Å². The monoisotopic (exact) mass is 433 g/mol. The molecule has 9 heteroatoms. The molecule has 1 saturated carbocycles.